The summed E-state index contributed by atoms with van der Waals surface area (Å²) in [6, 6.07) is 10.5. The third-order valence-corrected chi connectivity index (χ3v) is 10.8. The molecule has 2 aliphatic heterocycles. The van der Waals surface area contributed by atoms with Gasteiger partial charge < -0.3 is 19.9 Å². The molecule has 49 heavy (non-hydrogen) atoms. The monoisotopic (exact) mass is 696 g/mol. The summed E-state index contributed by atoms with van der Waals surface area (Å²) in [5.74, 6) is 1.12. The SMILES string of the molecule is CCc1nc(NC2CCN(Cc3ccc4c(cc(C#N)n4C[C@H](C)N4CCOC(C(=O)NC)C4)c3C)CC2)c2cc(CC(F)(F)F)sc2n1. The first-order valence-electron chi connectivity index (χ1n) is 16.9. The summed E-state index contributed by atoms with van der Waals surface area (Å²) in [5, 5.41) is 18.0. The molecular formula is C35H43F3N8O2S. The summed E-state index contributed by atoms with van der Waals surface area (Å²) >= 11 is 1.09. The van der Waals surface area contributed by atoms with Gasteiger partial charge in [0, 0.05) is 80.6 Å². The molecule has 4 aromatic rings. The van der Waals surface area contributed by atoms with Crippen molar-refractivity contribution in [2.75, 3.05) is 45.2 Å². The standard InChI is InChI=1S/C35H43F3N8O2S/c1-5-31-42-32(28-15-26(16-35(36,37)38)49-34(28)43-31)41-24-8-10-44(11-9-24)19-23-6-7-29-27(22(23)3)14-25(17-39)46(29)18-21(2)45-12-13-48-30(20-45)33(47)40-4/h6-7,14-15,21,24,30H,5,8-13,16,18-20H2,1-4H3,(H,40,47)(H,41,42,43)/t21-,30?/m0/s1. The van der Waals surface area contributed by atoms with E-state index in [-0.39, 0.29) is 22.9 Å². The Kier molecular flexibility index (Phi) is 10.5. The van der Waals surface area contributed by atoms with Crippen molar-refractivity contribution in [3.8, 4) is 6.07 Å². The van der Waals surface area contributed by atoms with E-state index in [1.807, 2.05) is 13.0 Å². The number of fused-ring (bicyclic) bond motifs is 2. The third-order valence-electron chi connectivity index (χ3n) is 9.79. The Morgan fingerprint density at radius 2 is 1.96 bits per heavy atom. The van der Waals surface area contributed by atoms with Crippen LogP contribution in [0.25, 0.3) is 21.1 Å². The number of ether oxygens (including phenoxy) is 1. The van der Waals surface area contributed by atoms with Crippen LogP contribution in [0.2, 0.25) is 0 Å². The van der Waals surface area contributed by atoms with Crippen LogP contribution < -0.4 is 10.6 Å². The Hall–Kier alpha value is -3.77. The summed E-state index contributed by atoms with van der Waals surface area (Å²) in [6.07, 6.45) is -3.37. The number of hydrogen-bond acceptors (Lipinski definition) is 9. The molecule has 1 unspecified atom stereocenters. The molecule has 2 aliphatic rings. The molecule has 0 aliphatic carbocycles. The molecule has 1 amide bonds. The highest BCUT2D eigenvalue weighted by molar-refractivity contribution is 7.18. The van der Waals surface area contributed by atoms with Crippen molar-refractivity contribution in [3.63, 3.8) is 0 Å². The second-order valence-electron chi connectivity index (χ2n) is 13.1. The molecule has 0 spiro atoms. The van der Waals surface area contributed by atoms with Crippen LogP contribution in [0.4, 0.5) is 19.0 Å². The zero-order chi connectivity index (χ0) is 34.9. The van der Waals surface area contributed by atoms with Crippen molar-refractivity contribution in [2.45, 2.75) is 83.9 Å². The number of hydrogen-bond donors (Lipinski definition) is 2. The summed E-state index contributed by atoms with van der Waals surface area (Å²) in [5.41, 5.74) is 4.02. The smallest absolute Gasteiger partial charge is 0.367 e. The molecule has 5 heterocycles. The zero-order valence-corrected chi connectivity index (χ0v) is 29.2. The van der Waals surface area contributed by atoms with Crippen molar-refractivity contribution < 1.29 is 22.7 Å². The van der Waals surface area contributed by atoms with Crippen LogP contribution in [0.1, 0.15) is 54.2 Å². The van der Waals surface area contributed by atoms with Crippen LogP contribution in [0, 0.1) is 18.3 Å². The summed E-state index contributed by atoms with van der Waals surface area (Å²) in [6.45, 7) is 11.1. The molecule has 0 bridgehead atoms. The lowest BCUT2D eigenvalue weighted by molar-refractivity contribution is -0.139. The van der Waals surface area contributed by atoms with Crippen LogP contribution in [0.5, 0.6) is 0 Å². The molecular weight excluding hydrogens is 654 g/mol. The van der Waals surface area contributed by atoms with Gasteiger partial charge in [-0.2, -0.15) is 18.4 Å². The van der Waals surface area contributed by atoms with Crippen LogP contribution in [0.3, 0.4) is 0 Å². The van der Waals surface area contributed by atoms with Gasteiger partial charge in [-0.15, -0.1) is 11.3 Å². The van der Waals surface area contributed by atoms with E-state index < -0.39 is 18.7 Å². The number of alkyl halides is 3. The minimum atomic E-state index is -4.27. The number of aromatic nitrogens is 3. The number of nitrogens with one attached hydrogen (secondary N) is 2. The highest BCUT2D eigenvalue weighted by Crippen LogP contribution is 2.34. The molecule has 2 N–H and O–H groups in total. The molecule has 2 atom stereocenters. The third kappa shape index (κ3) is 7.85. The molecule has 6 rings (SSSR count). The van der Waals surface area contributed by atoms with Gasteiger partial charge in [0.2, 0.25) is 5.91 Å². The number of thiophene rings is 1. The van der Waals surface area contributed by atoms with Crippen LogP contribution in [-0.4, -0.2) is 94.4 Å². The van der Waals surface area contributed by atoms with Gasteiger partial charge in [0.25, 0.3) is 0 Å². The summed E-state index contributed by atoms with van der Waals surface area (Å²) in [4.78, 5) is 26.9. The number of rotatable bonds is 10. The van der Waals surface area contributed by atoms with Crippen LogP contribution in [-0.2, 0) is 35.5 Å². The van der Waals surface area contributed by atoms with Gasteiger partial charge >= 0.3 is 6.18 Å². The normalized spacial score (nSPS) is 18.9. The number of amides is 1. The highest BCUT2D eigenvalue weighted by Gasteiger charge is 2.31. The summed E-state index contributed by atoms with van der Waals surface area (Å²) < 4.78 is 47.0. The lowest BCUT2D eigenvalue weighted by atomic mass is 10.0. The lowest BCUT2D eigenvalue weighted by Gasteiger charge is -2.36. The Balaban J connectivity index is 1.11. The molecule has 262 valence electrons. The van der Waals surface area contributed by atoms with Gasteiger partial charge in [-0.25, -0.2) is 9.97 Å². The van der Waals surface area contributed by atoms with E-state index in [2.05, 4.69) is 67.0 Å². The highest BCUT2D eigenvalue weighted by atomic mass is 32.1. The fourth-order valence-electron chi connectivity index (χ4n) is 6.99. The first kappa shape index (κ1) is 35.1. The van der Waals surface area contributed by atoms with Crippen molar-refractivity contribution >= 4 is 44.2 Å². The lowest BCUT2D eigenvalue weighted by Crippen LogP contribution is -2.52. The number of aryl methyl sites for hydroxylation is 2. The summed E-state index contributed by atoms with van der Waals surface area (Å²) in [7, 11) is 1.62. The topological polar surface area (TPSA) is 111 Å². The molecule has 2 fully saturated rings. The van der Waals surface area contributed by atoms with E-state index in [1.54, 1.807) is 13.1 Å². The van der Waals surface area contributed by atoms with Gasteiger partial charge in [-0.05, 0) is 56.0 Å². The number of benzene rings is 1. The van der Waals surface area contributed by atoms with Crippen molar-refractivity contribution in [3.05, 3.63) is 51.8 Å². The van der Waals surface area contributed by atoms with Gasteiger partial charge in [0.15, 0.2) is 0 Å². The fourth-order valence-corrected chi connectivity index (χ4v) is 8.07. The van der Waals surface area contributed by atoms with Gasteiger partial charge in [0.1, 0.15) is 34.3 Å². The van der Waals surface area contributed by atoms with E-state index in [0.717, 1.165) is 66.8 Å². The molecule has 1 aromatic carbocycles. The fraction of sp³-hybridized carbons (Fsp3) is 0.543. The number of nitrogens with zero attached hydrogens (tertiary/aromatic N) is 6. The first-order chi connectivity index (χ1) is 23.5. The van der Waals surface area contributed by atoms with Crippen molar-refractivity contribution in [1.29, 1.82) is 5.26 Å². The number of likely N-dealkylation sites (N-methyl/N-ethyl adjacent to an activating group) is 1. The van der Waals surface area contributed by atoms with E-state index in [9.17, 15) is 23.2 Å². The molecule has 10 nitrogen and oxygen atoms in total. The largest absolute Gasteiger partial charge is 0.393 e. The van der Waals surface area contributed by atoms with E-state index in [4.69, 9.17) is 4.74 Å². The number of carbonyl (C=O) groups excluding carboxylic acids is 1. The van der Waals surface area contributed by atoms with Crippen molar-refractivity contribution in [2.24, 2.45) is 0 Å². The van der Waals surface area contributed by atoms with Crippen LogP contribution in [0.15, 0.2) is 24.3 Å². The molecule has 0 radical (unpaired) electrons. The maximum absolute atomic E-state index is 13.1. The van der Waals surface area contributed by atoms with Gasteiger partial charge in [-0.1, -0.05) is 13.0 Å². The average Bonchev–Trinajstić information content (AvgIpc) is 3.66. The molecule has 0 saturated carbocycles. The zero-order valence-electron chi connectivity index (χ0n) is 28.4. The Labute approximate surface area is 288 Å². The number of morpholine rings is 1. The number of nitriles is 1. The van der Waals surface area contributed by atoms with E-state index >= 15 is 0 Å². The predicted octanol–water partition coefficient (Wildman–Crippen LogP) is 5.41. The quantitative estimate of drug-likeness (QED) is 0.227. The Bertz CT molecular complexity index is 1860. The van der Waals surface area contributed by atoms with E-state index in [0.29, 0.717) is 53.7 Å². The van der Waals surface area contributed by atoms with Crippen LogP contribution >= 0.6 is 11.3 Å². The number of anilines is 1. The van der Waals surface area contributed by atoms with Crippen molar-refractivity contribution in [1.82, 2.24) is 29.7 Å². The minimum absolute atomic E-state index is 0.0994. The Morgan fingerprint density at radius 1 is 1.18 bits per heavy atom. The molecule has 2 saturated heterocycles. The van der Waals surface area contributed by atoms with Gasteiger partial charge in [-0.3, -0.25) is 14.6 Å². The maximum Gasteiger partial charge on any atom is 0.393 e. The minimum Gasteiger partial charge on any atom is -0.367 e. The second-order valence-corrected chi connectivity index (χ2v) is 14.2. The number of carbonyl (C=O) groups is 1. The molecule has 14 heteroatoms. The Morgan fingerprint density at radius 3 is 2.65 bits per heavy atom. The number of piperidine rings is 1. The predicted molar refractivity (Wildman–Crippen MR) is 185 cm³/mol. The van der Waals surface area contributed by atoms with Gasteiger partial charge in [0.05, 0.1) is 18.4 Å². The second kappa shape index (κ2) is 14.6. The molecule has 3 aromatic heterocycles. The first-order valence-corrected chi connectivity index (χ1v) is 17.7. The average molecular weight is 697 g/mol. The number of halogens is 3. The maximum atomic E-state index is 13.1. The number of likely N-dealkylation sites (tertiary alicyclic amines) is 1. The van der Waals surface area contributed by atoms with E-state index in [1.165, 1.54) is 5.56 Å².